The molecule has 1 N–H and O–H groups in total. The van der Waals surface area contributed by atoms with Crippen LogP contribution in [0.4, 0.5) is 0 Å². The normalized spacial score (nSPS) is 11.7. The lowest BCUT2D eigenvalue weighted by molar-refractivity contribution is 0.155. The van der Waals surface area contributed by atoms with Crippen molar-refractivity contribution < 1.29 is 13.2 Å². The lowest BCUT2D eigenvalue weighted by Gasteiger charge is -2.07. The maximum absolute atomic E-state index is 11.9. The van der Waals surface area contributed by atoms with Gasteiger partial charge < -0.3 is 4.74 Å². The van der Waals surface area contributed by atoms with Crippen LogP contribution in [0.2, 0.25) is 10.0 Å². The second-order valence-corrected chi connectivity index (χ2v) is 6.32. The summed E-state index contributed by atoms with van der Waals surface area (Å²) in [5.41, 5.74) is 0. The molecule has 0 radical (unpaired) electrons. The van der Waals surface area contributed by atoms with Crippen LogP contribution < -0.4 is 4.72 Å². The molecule has 18 heavy (non-hydrogen) atoms. The highest BCUT2D eigenvalue weighted by Crippen LogP contribution is 2.21. The maximum atomic E-state index is 11.9. The molecule has 0 fully saturated rings. The van der Waals surface area contributed by atoms with Gasteiger partial charge in [-0.15, -0.1) is 11.6 Å². The molecule has 4 nitrogen and oxygen atoms in total. The highest BCUT2D eigenvalue weighted by atomic mass is 35.5. The second-order valence-electron chi connectivity index (χ2n) is 3.30. The standard InChI is InChI=1S/C10H12Cl3NO3S/c11-1-3-17-4-2-14-18(15,16)10-6-8(12)5-9(13)7-10/h5-7,14H,1-4H2. The van der Waals surface area contributed by atoms with Gasteiger partial charge in [0.25, 0.3) is 0 Å². The van der Waals surface area contributed by atoms with Crippen LogP contribution in [-0.2, 0) is 14.8 Å². The molecule has 0 atom stereocenters. The van der Waals surface area contributed by atoms with E-state index in [0.29, 0.717) is 12.5 Å². The predicted molar refractivity (Wildman–Crippen MR) is 73.2 cm³/mol. The number of nitrogens with one attached hydrogen (secondary N) is 1. The molecule has 0 aliphatic carbocycles. The average Bonchev–Trinajstić information content (AvgIpc) is 2.27. The molecule has 0 saturated heterocycles. The Labute approximate surface area is 121 Å². The Morgan fingerprint density at radius 3 is 2.28 bits per heavy atom. The molecule has 1 rings (SSSR count). The molecule has 0 spiro atoms. The van der Waals surface area contributed by atoms with Crippen LogP contribution in [0, 0.1) is 0 Å². The zero-order valence-corrected chi connectivity index (χ0v) is 12.4. The Morgan fingerprint density at radius 1 is 1.11 bits per heavy atom. The van der Waals surface area contributed by atoms with E-state index in [4.69, 9.17) is 39.5 Å². The Morgan fingerprint density at radius 2 is 1.72 bits per heavy atom. The van der Waals surface area contributed by atoms with E-state index in [1.165, 1.54) is 18.2 Å². The van der Waals surface area contributed by atoms with Gasteiger partial charge in [0.2, 0.25) is 10.0 Å². The van der Waals surface area contributed by atoms with Gasteiger partial charge in [0.15, 0.2) is 0 Å². The monoisotopic (exact) mass is 331 g/mol. The molecule has 102 valence electrons. The number of hydrogen-bond donors (Lipinski definition) is 1. The van der Waals surface area contributed by atoms with Gasteiger partial charge in [0.1, 0.15) is 0 Å². The molecule has 0 saturated carbocycles. The van der Waals surface area contributed by atoms with Crippen LogP contribution in [-0.4, -0.2) is 34.1 Å². The van der Waals surface area contributed by atoms with Crippen molar-refractivity contribution in [1.29, 1.82) is 0 Å². The van der Waals surface area contributed by atoms with Gasteiger partial charge >= 0.3 is 0 Å². The molecular formula is C10H12Cl3NO3S. The Bertz CT molecular complexity index is 473. The molecule has 1 aromatic carbocycles. The summed E-state index contributed by atoms with van der Waals surface area (Å²) in [6.07, 6.45) is 0. The molecule has 8 heteroatoms. The van der Waals surface area contributed by atoms with Gasteiger partial charge in [-0.25, -0.2) is 13.1 Å². The van der Waals surface area contributed by atoms with E-state index in [1.807, 2.05) is 0 Å². The predicted octanol–water partition coefficient (Wildman–Crippen LogP) is 2.53. The number of sulfonamides is 1. The van der Waals surface area contributed by atoms with E-state index in [-0.39, 0.29) is 28.1 Å². The van der Waals surface area contributed by atoms with Crippen molar-refractivity contribution in [2.75, 3.05) is 25.6 Å². The zero-order chi connectivity index (χ0) is 13.6. The maximum Gasteiger partial charge on any atom is 0.240 e. The van der Waals surface area contributed by atoms with Crippen LogP contribution in [0.1, 0.15) is 0 Å². The van der Waals surface area contributed by atoms with Crippen molar-refractivity contribution in [1.82, 2.24) is 4.72 Å². The minimum absolute atomic E-state index is 0.0253. The van der Waals surface area contributed by atoms with Crippen molar-refractivity contribution >= 4 is 44.8 Å². The number of rotatable bonds is 7. The van der Waals surface area contributed by atoms with E-state index in [1.54, 1.807) is 0 Å². The molecule has 0 aromatic heterocycles. The molecule has 0 aliphatic heterocycles. The number of ether oxygens (including phenoxy) is 1. The van der Waals surface area contributed by atoms with Crippen molar-refractivity contribution in [3.05, 3.63) is 28.2 Å². The van der Waals surface area contributed by atoms with Crippen molar-refractivity contribution in [3.63, 3.8) is 0 Å². The summed E-state index contributed by atoms with van der Waals surface area (Å²) in [6.45, 7) is 0.788. The number of halogens is 3. The molecular weight excluding hydrogens is 321 g/mol. The molecule has 0 bridgehead atoms. The quantitative estimate of drug-likeness (QED) is 0.616. The van der Waals surface area contributed by atoms with Crippen LogP contribution in [0.5, 0.6) is 0 Å². The third-order valence-corrected chi connectivity index (χ3v) is 3.94. The van der Waals surface area contributed by atoms with Crippen molar-refractivity contribution in [2.45, 2.75) is 4.90 Å². The first-order valence-corrected chi connectivity index (χ1v) is 7.82. The Hall–Kier alpha value is -0.0400. The first kappa shape index (κ1) is 16.0. The van der Waals surface area contributed by atoms with E-state index in [2.05, 4.69) is 4.72 Å². The van der Waals surface area contributed by atoms with Gasteiger partial charge in [-0.3, -0.25) is 0 Å². The minimum Gasteiger partial charge on any atom is -0.379 e. The van der Waals surface area contributed by atoms with E-state index < -0.39 is 10.0 Å². The Kier molecular flexibility index (Phi) is 6.70. The summed E-state index contributed by atoms with van der Waals surface area (Å²) < 4.78 is 31.1. The molecule has 0 unspecified atom stereocenters. The van der Waals surface area contributed by atoms with Gasteiger partial charge in [-0.1, -0.05) is 23.2 Å². The van der Waals surface area contributed by atoms with E-state index >= 15 is 0 Å². The highest BCUT2D eigenvalue weighted by molar-refractivity contribution is 7.89. The SMILES string of the molecule is O=S(=O)(NCCOCCCl)c1cc(Cl)cc(Cl)c1. The molecule has 0 aliphatic rings. The Balaban J connectivity index is 2.63. The van der Waals surface area contributed by atoms with Gasteiger partial charge in [-0.2, -0.15) is 0 Å². The van der Waals surface area contributed by atoms with Crippen LogP contribution in [0.25, 0.3) is 0 Å². The van der Waals surface area contributed by atoms with Gasteiger partial charge in [0.05, 0.1) is 18.1 Å². The molecule has 1 aromatic rings. The fourth-order valence-electron chi connectivity index (χ4n) is 1.17. The first-order valence-electron chi connectivity index (χ1n) is 5.05. The smallest absolute Gasteiger partial charge is 0.240 e. The van der Waals surface area contributed by atoms with Crippen molar-refractivity contribution in [3.8, 4) is 0 Å². The number of hydrogen-bond acceptors (Lipinski definition) is 3. The van der Waals surface area contributed by atoms with E-state index in [0.717, 1.165) is 0 Å². The third kappa shape index (κ3) is 5.30. The lowest BCUT2D eigenvalue weighted by Crippen LogP contribution is -2.27. The fourth-order valence-corrected chi connectivity index (χ4v) is 3.02. The van der Waals surface area contributed by atoms with Crippen LogP contribution in [0.3, 0.4) is 0 Å². The summed E-state index contributed by atoms with van der Waals surface area (Å²) in [5, 5.41) is 0.530. The fraction of sp³-hybridized carbons (Fsp3) is 0.400. The summed E-state index contributed by atoms with van der Waals surface area (Å²) in [4.78, 5) is 0.0253. The summed E-state index contributed by atoms with van der Waals surface area (Å²) in [5.74, 6) is 0.372. The van der Waals surface area contributed by atoms with Gasteiger partial charge in [-0.05, 0) is 18.2 Å². The highest BCUT2D eigenvalue weighted by Gasteiger charge is 2.14. The largest absolute Gasteiger partial charge is 0.379 e. The van der Waals surface area contributed by atoms with E-state index in [9.17, 15) is 8.42 Å². The van der Waals surface area contributed by atoms with Crippen LogP contribution in [0.15, 0.2) is 23.1 Å². The first-order chi connectivity index (χ1) is 8.45. The number of benzene rings is 1. The zero-order valence-electron chi connectivity index (χ0n) is 9.33. The lowest BCUT2D eigenvalue weighted by atomic mass is 10.4. The minimum atomic E-state index is -3.62. The summed E-state index contributed by atoms with van der Waals surface area (Å²) in [6, 6.07) is 4.12. The van der Waals surface area contributed by atoms with Crippen molar-refractivity contribution in [2.24, 2.45) is 0 Å². The average molecular weight is 333 g/mol. The summed E-state index contributed by atoms with van der Waals surface area (Å²) in [7, 11) is -3.62. The number of alkyl halides is 1. The van der Waals surface area contributed by atoms with Crippen LogP contribution >= 0.6 is 34.8 Å². The topological polar surface area (TPSA) is 55.4 Å². The van der Waals surface area contributed by atoms with Gasteiger partial charge in [0, 0.05) is 22.5 Å². The second kappa shape index (κ2) is 7.53. The molecule has 0 amide bonds. The molecule has 0 heterocycles. The summed E-state index contributed by atoms with van der Waals surface area (Å²) >= 11 is 16.9. The third-order valence-electron chi connectivity index (χ3n) is 1.91.